The summed E-state index contributed by atoms with van der Waals surface area (Å²) in [5, 5.41) is 16.7. The number of allylic oxidation sites excluding steroid dienone is 3. The Morgan fingerprint density at radius 3 is 2.17 bits per heavy atom. The molecule has 42 heavy (non-hydrogen) atoms. The van der Waals surface area contributed by atoms with Gasteiger partial charge in [-0.15, -0.1) is 0 Å². The summed E-state index contributed by atoms with van der Waals surface area (Å²) < 4.78 is 21.5. The summed E-state index contributed by atoms with van der Waals surface area (Å²) in [6, 6.07) is 17.7. The molecular formula is C33H34N2O7. The third-order valence-electron chi connectivity index (χ3n) is 7.84. The Bertz CT molecular complexity index is 1590. The van der Waals surface area contributed by atoms with Gasteiger partial charge in [-0.25, -0.2) is 0 Å². The lowest BCUT2D eigenvalue weighted by atomic mass is 9.71. The Morgan fingerprint density at radius 1 is 0.833 bits per heavy atom. The van der Waals surface area contributed by atoms with Crippen LogP contribution in [0.25, 0.3) is 0 Å². The first-order valence-corrected chi connectivity index (χ1v) is 13.6. The number of anilines is 1. The summed E-state index contributed by atoms with van der Waals surface area (Å²) in [4.78, 5) is 27.9. The van der Waals surface area contributed by atoms with Gasteiger partial charge in [0.05, 0.1) is 28.4 Å². The van der Waals surface area contributed by atoms with Gasteiger partial charge in [0.1, 0.15) is 5.75 Å². The molecule has 2 aliphatic rings. The van der Waals surface area contributed by atoms with Crippen LogP contribution in [0.3, 0.4) is 0 Å². The molecule has 0 radical (unpaired) electrons. The zero-order chi connectivity index (χ0) is 30.0. The van der Waals surface area contributed by atoms with Gasteiger partial charge in [0, 0.05) is 40.6 Å². The maximum atomic E-state index is 14.0. The van der Waals surface area contributed by atoms with E-state index in [2.05, 4.69) is 10.6 Å². The van der Waals surface area contributed by atoms with Crippen LogP contribution in [-0.4, -0.2) is 45.2 Å². The lowest BCUT2D eigenvalue weighted by Gasteiger charge is -2.37. The van der Waals surface area contributed by atoms with Gasteiger partial charge < -0.3 is 34.7 Å². The second kappa shape index (κ2) is 11.9. The molecule has 0 bridgehead atoms. The number of benzene rings is 3. The van der Waals surface area contributed by atoms with Gasteiger partial charge in [-0.1, -0.05) is 12.1 Å². The van der Waals surface area contributed by atoms with E-state index in [1.807, 2.05) is 25.1 Å². The third-order valence-corrected chi connectivity index (χ3v) is 7.84. The minimum atomic E-state index is -0.673. The topological polar surface area (TPSA) is 115 Å². The van der Waals surface area contributed by atoms with E-state index < -0.39 is 5.92 Å². The first kappa shape index (κ1) is 28.6. The number of aromatic hydroxyl groups is 1. The Labute approximate surface area is 244 Å². The lowest BCUT2D eigenvalue weighted by molar-refractivity contribution is -0.116. The summed E-state index contributed by atoms with van der Waals surface area (Å²) >= 11 is 0. The highest BCUT2D eigenvalue weighted by atomic mass is 16.5. The standard InChI is InChI=1S/C33H34N2O7/c1-18-30(33(38)35-22-8-10-23(39-2)11-9-22)31(20-6-12-25(36)28(17-20)41-4)32-24(34-18)14-21(15-26(32)37)19-7-13-27(40-3)29(16-19)42-5/h6-13,16-17,21,31,34,36H,14-15H2,1-5H3,(H,35,38)/t21-,31-/m1/s1. The SMILES string of the molecule is COc1ccc(NC(=O)C2=C(C)NC3=C(C(=O)C[C@H](c4ccc(OC)c(OC)c4)C3)[C@@H]2c2ccc(O)c(OC)c2)cc1. The number of dihydropyridines is 1. The van der Waals surface area contributed by atoms with Crippen molar-refractivity contribution in [1.29, 1.82) is 0 Å². The summed E-state index contributed by atoms with van der Waals surface area (Å²) in [5.74, 6) is 0.932. The number of methoxy groups -OCH3 is 4. The van der Waals surface area contributed by atoms with Crippen molar-refractivity contribution in [3.63, 3.8) is 0 Å². The monoisotopic (exact) mass is 570 g/mol. The van der Waals surface area contributed by atoms with E-state index in [0.29, 0.717) is 51.8 Å². The van der Waals surface area contributed by atoms with E-state index in [4.69, 9.17) is 18.9 Å². The highest BCUT2D eigenvalue weighted by Gasteiger charge is 2.41. The van der Waals surface area contributed by atoms with Crippen LogP contribution in [0.4, 0.5) is 5.69 Å². The van der Waals surface area contributed by atoms with Gasteiger partial charge in [-0.2, -0.15) is 0 Å². The third kappa shape index (κ3) is 5.37. The fourth-order valence-corrected chi connectivity index (χ4v) is 5.76. The van der Waals surface area contributed by atoms with Gasteiger partial charge in [-0.05, 0) is 78.9 Å². The average Bonchev–Trinajstić information content (AvgIpc) is 3.00. The van der Waals surface area contributed by atoms with Crippen molar-refractivity contribution < 1.29 is 33.6 Å². The molecule has 1 heterocycles. The van der Waals surface area contributed by atoms with Crippen molar-refractivity contribution in [3.8, 4) is 28.7 Å². The van der Waals surface area contributed by atoms with Crippen LogP contribution < -0.4 is 29.6 Å². The Morgan fingerprint density at radius 2 is 1.50 bits per heavy atom. The normalized spacial score (nSPS) is 18.2. The average molecular weight is 571 g/mol. The van der Waals surface area contributed by atoms with Gasteiger partial charge in [-0.3, -0.25) is 9.59 Å². The molecule has 0 aromatic heterocycles. The number of phenolic OH excluding ortho intramolecular Hbond substituents is 1. The fraction of sp³-hybridized carbons (Fsp3) is 0.273. The molecule has 0 saturated heterocycles. The van der Waals surface area contributed by atoms with Crippen molar-refractivity contribution in [2.24, 2.45) is 0 Å². The predicted octanol–water partition coefficient (Wildman–Crippen LogP) is 5.43. The van der Waals surface area contributed by atoms with Crippen LogP contribution in [-0.2, 0) is 9.59 Å². The second-order valence-corrected chi connectivity index (χ2v) is 10.2. The number of amides is 1. The minimum absolute atomic E-state index is 0.0298. The van der Waals surface area contributed by atoms with E-state index in [-0.39, 0.29) is 35.5 Å². The molecule has 2 atom stereocenters. The zero-order valence-electron chi connectivity index (χ0n) is 24.2. The quantitative estimate of drug-likeness (QED) is 0.329. The van der Waals surface area contributed by atoms with Crippen molar-refractivity contribution >= 4 is 17.4 Å². The number of ether oxygens (including phenoxy) is 4. The number of nitrogens with one attached hydrogen (secondary N) is 2. The van der Waals surface area contributed by atoms with Crippen LogP contribution in [0.5, 0.6) is 28.7 Å². The first-order valence-electron chi connectivity index (χ1n) is 13.6. The number of carbonyl (C=O) groups is 2. The molecule has 0 unspecified atom stereocenters. The van der Waals surface area contributed by atoms with Gasteiger partial charge in [0.2, 0.25) is 0 Å². The van der Waals surface area contributed by atoms with Crippen molar-refractivity contribution in [2.45, 2.75) is 31.6 Å². The number of phenols is 1. The van der Waals surface area contributed by atoms with Crippen molar-refractivity contribution in [2.75, 3.05) is 33.8 Å². The highest BCUT2D eigenvalue weighted by Crippen LogP contribution is 2.47. The largest absolute Gasteiger partial charge is 0.504 e. The molecule has 218 valence electrons. The van der Waals surface area contributed by atoms with Crippen LogP contribution in [0.15, 0.2) is 83.2 Å². The highest BCUT2D eigenvalue weighted by molar-refractivity contribution is 6.10. The van der Waals surface area contributed by atoms with Crippen LogP contribution in [0, 0.1) is 0 Å². The molecule has 5 rings (SSSR count). The van der Waals surface area contributed by atoms with Crippen molar-refractivity contribution in [1.82, 2.24) is 5.32 Å². The molecule has 1 amide bonds. The van der Waals surface area contributed by atoms with E-state index in [9.17, 15) is 14.7 Å². The Kier molecular flexibility index (Phi) is 8.10. The number of hydrogen-bond acceptors (Lipinski definition) is 8. The molecule has 3 aromatic rings. The van der Waals surface area contributed by atoms with E-state index in [1.165, 1.54) is 13.2 Å². The number of rotatable bonds is 8. The molecule has 9 heteroatoms. The van der Waals surface area contributed by atoms with Gasteiger partial charge in [0.25, 0.3) is 5.91 Å². The van der Waals surface area contributed by atoms with Gasteiger partial charge >= 0.3 is 0 Å². The van der Waals surface area contributed by atoms with Crippen LogP contribution >= 0.6 is 0 Å². The van der Waals surface area contributed by atoms with E-state index >= 15 is 0 Å². The Balaban J connectivity index is 1.56. The Hall–Kier alpha value is -4.92. The molecule has 3 aromatic carbocycles. The molecule has 0 fully saturated rings. The maximum absolute atomic E-state index is 14.0. The summed E-state index contributed by atoms with van der Waals surface area (Å²) in [5.41, 5.74) is 4.56. The molecule has 9 nitrogen and oxygen atoms in total. The first-order chi connectivity index (χ1) is 20.3. The van der Waals surface area contributed by atoms with E-state index in [0.717, 1.165) is 11.3 Å². The fourth-order valence-electron chi connectivity index (χ4n) is 5.76. The summed E-state index contributed by atoms with van der Waals surface area (Å²) in [6.45, 7) is 1.84. The summed E-state index contributed by atoms with van der Waals surface area (Å²) in [6.07, 6.45) is 0.821. The van der Waals surface area contributed by atoms with Crippen molar-refractivity contribution in [3.05, 3.63) is 94.3 Å². The molecule has 1 aliphatic carbocycles. The second-order valence-electron chi connectivity index (χ2n) is 10.2. The zero-order valence-corrected chi connectivity index (χ0v) is 24.2. The number of Topliss-reactive ketones (excluding diaryl/α,β-unsaturated/α-hetero) is 1. The molecular weight excluding hydrogens is 536 g/mol. The minimum Gasteiger partial charge on any atom is -0.504 e. The smallest absolute Gasteiger partial charge is 0.254 e. The maximum Gasteiger partial charge on any atom is 0.254 e. The number of hydrogen-bond donors (Lipinski definition) is 3. The lowest BCUT2D eigenvalue weighted by Crippen LogP contribution is -2.37. The summed E-state index contributed by atoms with van der Waals surface area (Å²) in [7, 11) is 6.21. The molecule has 0 saturated carbocycles. The molecule has 3 N–H and O–H groups in total. The van der Waals surface area contributed by atoms with Crippen LogP contribution in [0.2, 0.25) is 0 Å². The molecule has 1 aliphatic heterocycles. The predicted molar refractivity (Wildman–Crippen MR) is 158 cm³/mol. The number of carbonyl (C=O) groups excluding carboxylic acids is 2. The van der Waals surface area contributed by atoms with E-state index in [1.54, 1.807) is 57.7 Å². The van der Waals surface area contributed by atoms with Gasteiger partial charge in [0.15, 0.2) is 28.8 Å². The molecule has 0 spiro atoms. The van der Waals surface area contributed by atoms with Crippen LogP contribution in [0.1, 0.15) is 42.7 Å². The number of ketones is 1.